The van der Waals surface area contributed by atoms with Crippen LogP contribution in [0, 0.1) is 0 Å². The number of hydrogen-bond donors (Lipinski definition) is 2. The molecular formula is C23H25N3O5. The topological polar surface area (TPSA) is 94.8 Å². The average Bonchev–Trinajstić information content (AvgIpc) is 3.23. The Hall–Kier alpha value is -3.42. The largest absolute Gasteiger partial charge is 0.508 e. The zero-order valence-electron chi connectivity index (χ0n) is 17.3. The van der Waals surface area contributed by atoms with Crippen molar-refractivity contribution < 1.29 is 24.5 Å². The van der Waals surface area contributed by atoms with Gasteiger partial charge in [-0.2, -0.15) is 5.10 Å². The number of phenolic OH excluding ortho intramolecular Hbond substituents is 2. The molecular weight excluding hydrogens is 398 g/mol. The maximum Gasteiger partial charge on any atom is 0.409 e. The van der Waals surface area contributed by atoms with Gasteiger partial charge >= 0.3 is 6.09 Å². The van der Waals surface area contributed by atoms with E-state index < -0.39 is 5.72 Å². The van der Waals surface area contributed by atoms with Gasteiger partial charge in [0.1, 0.15) is 17.2 Å². The van der Waals surface area contributed by atoms with E-state index in [-0.39, 0.29) is 23.6 Å². The van der Waals surface area contributed by atoms with Crippen molar-refractivity contribution in [2.45, 2.75) is 38.0 Å². The van der Waals surface area contributed by atoms with Gasteiger partial charge in [-0.05, 0) is 31.2 Å². The van der Waals surface area contributed by atoms with E-state index in [9.17, 15) is 15.0 Å². The molecule has 2 aromatic rings. The summed E-state index contributed by atoms with van der Waals surface area (Å²) in [5, 5.41) is 27.2. The Kier molecular flexibility index (Phi) is 4.64. The zero-order valence-corrected chi connectivity index (χ0v) is 17.3. The van der Waals surface area contributed by atoms with Crippen molar-refractivity contribution in [3.05, 3.63) is 53.6 Å². The fraction of sp³-hybridized carbons (Fsp3) is 0.391. The van der Waals surface area contributed by atoms with Crippen molar-refractivity contribution in [3.8, 4) is 17.2 Å². The molecule has 3 heterocycles. The second-order valence-corrected chi connectivity index (χ2v) is 8.08. The van der Waals surface area contributed by atoms with Gasteiger partial charge in [0.2, 0.25) is 5.72 Å². The van der Waals surface area contributed by atoms with Crippen LogP contribution in [0.2, 0.25) is 0 Å². The van der Waals surface area contributed by atoms with Gasteiger partial charge in [0, 0.05) is 43.5 Å². The molecule has 1 atom stereocenters. The smallest absolute Gasteiger partial charge is 0.409 e. The van der Waals surface area contributed by atoms with Crippen LogP contribution in [-0.2, 0) is 4.74 Å². The Balaban J connectivity index is 1.50. The highest BCUT2D eigenvalue weighted by Gasteiger charge is 2.52. The molecule has 0 unspecified atom stereocenters. The molecule has 31 heavy (non-hydrogen) atoms. The first-order valence-electron chi connectivity index (χ1n) is 10.6. The second kappa shape index (κ2) is 7.37. The number of carbonyl (C=O) groups is 1. The molecule has 1 amide bonds. The van der Waals surface area contributed by atoms with Gasteiger partial charge < -0.3 is 24.6 Å². The molecule has 2 N–H and O–H groups in total. The van der Waals surface area contributed by atoms with E-state index in [2.05, 4.69) is 0 Å². The summed E-state index contributed by atoms with van der Waals surface area (Å²) in [7, 11) is 0. The number of para-hydroxylation sites is 1. The highest BCUT2D eigenvalue weighted by molar-refractivity contribution is 6.04. The van der Waals surface area contributed by atoms with Crippen LogP contribution in [0.3, 0.4) is 0 Å². The summed E-state index contributed by atoms with van der Waals surface area (Å²) in [6.45, 7) is 3.16. The van der Waals surface area contributed by atoms with Crippen molar-refractivity contribution >= 4 is 11.8 Å². The van der Waals surface area contributed by atoms with Gasteiger partial charge in [-0.3, -0.25) is 0 Å². The SMILES string of the molecule is CCOC(=O)N1CCC2(CC1)Oc1ccccc1[C@@H]1CC(c3cc(O)ccc3O)=NN12. The second-order valence-electron chi connectivity index (χ2n) is 8.08. The van der Waals surface area contributed by atoms with Crippen LogP contribution in [0.4, 0.5) is 4.79 Å². The molecule has 162 valence electrons. The van der Waals surface area contributed by atoms with Crippen molar-refractivity contribution in [2.75, 3.05) is 19.7 Å². The number of phenols is 2. The quantitative estimate of drug-likeness (QED) is 0.717. The Morgan fingerprint density at radius 1 is 1.23 bits per heavy atom. The van der Waals surface area contributed by atoms with E-state index >= 15 is 0 Å². The number of carbonyl (C=O) groups excluding carboxylic acids is 1. The molecule has 1 spiro atoms. The Bertz CT molecular complexity index is 1050. The molecule has 0 bridgehead atoms. The number of nitrogens with zero attached hydrogens (tertiary/aromatic N) is 3. The van der Waals surface area contributed by atoms with Crippen LogP contribution >= 0.6 is 0 Å². The number of hydrogen-bond acceptors (Lipinski definition) is 7. The number of ether oxygens (including phenoxy) is 2. The highest BCUT2D eigenvalue weighted by Crippen LogP contribution is 2.50. The predicted octanol–water partition coefficient (Wildman–Crippen LogP) is 3.59. The average molecular weight is 423 g/mol. The number of likely N-dealkylation sites (tertiary alicyclic amines) is 1. The van der Waals surface area contributed by atoms with Crippen LogP contribution in [0.15, 0.2) is 47.6 Å². The van der Waals surface area contributed by atoms with Crippen LogP contribution in [0.25, 0.3) is 0 Å². The lowest BCUT2D eigenvalue weighted by atomic mass is 9.90. The van der Waals surface area contributed by atoms with Crippen LogP contribution in [0.5, 0.6) is 17.2 Å². The molecule has 5 rings (SSSR count). The lowest BCUT2D eigenvalue weighted by molar-refractivity contribution is -0.147. The van der Waals surface area contributed by atoms with E-state index in [1.807, 2.05) is 29.3 Å². The summed E-state index contributed by atoms with van der Waals surface area (Å²) in [6, 6.07) is 12.4. The molecule has 0 aromatic heterocycles. The Morgan fingerprint density at radius 3 is 2.77 bits per heavy atom. The Morgan fingerprint density at radius 2 is 2.00 bits per heavy atom. The van der Waals surface area contributed by atoms with E-state index in [0.717, 1.165) is 11.3 Å². The van der Waals surface area contributed by atoms with Crippen molar-refractivity contribution in [2.24, 2.45) is 5.10 Å². The summed E-state index contributed by atoms with van der Waals surface area (Å²) in [5.74, 6) is 0.983. The number of fused-ring (bicyclic) bond motifs is 4. The molecule has 8 nitrogen and oxygen atoms in total. The normalized spacial score (nSPS) is 21.2. The fourth-order valence-corrected chi connectivity index (χ4v) is 4.73. The van der Waals surface area contributed by atoms with E-state index in [1.54, 1.807) is 11.8 Å². The summed E-state index contributed by atoms with van der Waals surface area (Å²) >= 11 is 0. The lowest BCUT2D eigenvalue weighted by Gasteiger charge is -2.50. The first-order chi connectivity index (χ1) is 15.0. The molecule has 1 saturated heterocycles. The lowest BCUT2D eigenvalue weighted by Crippen LogP contribution is -2.59. The monoisotopic (exact) mass is 423 g/mol. The summed E-state index contributed by atoms with van der Waals surface area (Å²) in [4.78, 5) is 13.9. The van der Waals surface area contributed by atoms with E-state index in [4.69, 9.17) is 14.6 Å². The molecule has 3 aliphatic rings. The number of hydrazone groups is 1. The number of piperidine rings is 1. The zero-order chi connectivity index (χ0) is 21.6. The first kappa shape index (κ1) is 19.5. The van der Waals surface area contributed by atoms with Crippen molar-refractivity contribution in [1.29, 1.82) is 0 Å². The third kappa shape index (κ3) is 3.22. The van der Waals surface area contributed by atoms with Gasteiger partial charge in [0.15, 0.2) is 0 Å². The molecule has 0 aliphatic carbocycles. The van der Waals surface area contributed by atoms with Gasteiger partial charge in [0.05, 0.1) is 18.4 Å². The third-order valence-electron chi connectivity index (χ3n) is 6.27. The van der Waals surface area contributed by atoms with Crippen molar-refractivity contribution in [3.63, 3.8) is 0 Å². The van der Waals surface area contributed by atoms with Gasteiger partial charge in [0.25, 0.3) is 0 Å². The minimum absolute atomic E-state index is 0.0455. The summed E-state index contributed by atoms with van der Waals surface area (Å²) in [6.07, 6.45) is 1.44. The van der Waals surface area contributed by atoms with E-state index in [0.29, 0.717) is 50.2 Å². The fourth-order valence-electron chi connectivity index (χ4n) is 4.73. The minimum atomic E-state index is -0.684. The molecule has 3 aliphatic heterocycles. The molecule has 0 saturated carbocycles. The molecule has 0 radical (unpaired) electrons. The van der Waals surface area contributed by atoms with Crippen LogP contribution < -0.4 is 4.74 Å². The summed E-state index contributed by atoms with van der Waals surface area (Å²) in [5.41, 5.74) is 1.58. The number of aromatic hydroxyl groups is 2. The van der Waals surface area contributed by atoms with Gasteiger partial charge in [-0.1, -0.05) is 18.2 Å². The van der Waals surface area contributed by atoms with Crippen LogP contribution in [0.1, 0.15) is 43.4 Å². The van der Waals surface area contributed by atoms with Crippen LogP contribution in [-0.4, -0.2) is 57.3 Å². The first-order valence-corrected chi connectivity index (χ1v) is 10.6. The van der Waals surface area contributed by atoms with Gasteiger partial charge in [-0.25, -0.2) is 9.80 Å². The highest BCUT2D eigenvalue weighted by atomic mass is 16.6. The number of benzene rings is 2. The molecule has 8 heteroatoms. The predicted molar refractivity (Wildman–Crippen MR) is 113 cm³/mol. The number of amides is 1. The minimum Gasteiger partial charge on any atom is -0.508 e. The van der Waals surface area contributed by atoms with E-state index in [1.165, 1.54) is 18.2 Å². The standard InChI is InChI=1S/C23H25N3O5/c1-2-30-22(29)25-11-9-23(10-12-25)26-19(16-5-3-4-6-21(16)31-23)14-18(24-26)17-13-15(27)7-8-20(17)28/h3-8,13,19,27-28H,2,9-12,14H2,1H3/t19-/m0/s1. The number of rotatable bonds is 2. The molecule has 2 aromatic carbocycles. The van der Waals surface area contributed by atoms with Gasteiger partial charge in [-0.15, -0.1) is 0 Å². The maximum absolute atomic E-state index is 12.2. The Labute approximate surface area is 180 Å². The maximum atomic E-state index is 12.2. The summed E-state index contributed by atoms with van der Waals surface area (Å²) < 4.78 is 11.7. The molecule has 1 fully saturated rings. The third-order valence-corrected chi connectivity index (χ3v) is 6.27. The van der Waals surface area contributed by atoms with Crippen molar-refractivity contribution in [1.82, 2.24) is 9.91 Å².